The number of halogens is 4. The van der Waals surface area contributed by atoms with Gasteiger partial charge in [0.25, 0.3) is 0 Å². The summed E-state index contributed by atoms with van der Waals surface area (Å²) in [4.78, 5) is 23.3. The predicted molar refractivity (Wildman–Crippen MR) is 83.4 cm³/mol. The van der Waals surface area contributed by atoms with Gasteiger partial charge in [0.1, 0.15) is 24.2 Å². The third kappa shape index (κ3) is 4.13. The average Bonchev–Trinajstić information content (AvgIpc) is 3.05. The molecular weight excluding hydrogens is 354 g/mol. The van der Waals surface area contributed by atoms with E-state index in [4.69, 9.17) is 0 Å². The molecule has 138 valence electrons. The second-order valence-electron chi connectivity index (χ2n) is 5.78. The number of hydrogen-bond acceptors (Lipinski definition) is 5. The lowest BCUT2D eigenvalue weighted by atomic mass is 10.1. The van der Waals surface area contributed by atoms with Gasteiger partial charge in [-0.15, -0.1) is 0 Å². The van der Waals surface area contributed by atoms with Gasteiger partial charge >= 0.3 is 6.18 Å². The standard InChI is InChI=1S/C16H15F4N5O/c17-11-3-4-21-14(11)15(26)23-7-10-5-12(25-8-24-10)9-1-2-13(22-6-9)16(18,19)20/h1-2,5-6,8,11,14,21H,3-4,7H2,(H,23,26)/t11-,14-/m0/s1. The molecular formula is C16H15F4N5O. The van der Waals surface area contributed by atoms with E-state index in [1.807, 2.05) is 0 Å². The molecule has 1 fully saturated rings. The van der Waals surface area contributed by atoms with E-state index >= 15 is 0 Å². The van der Waals surface area contributed by atoms with E-state index < -0.39 is 30.0 Å². The first-order valence-electron chi connectivity index (χ1n) is 7.84. The van der Waals surface area contributed by atoms with Crippen LogP contribution in [0.2, 0.25) is 0 Å². The Labute approximate surface area is 146 Å². The van der Waals surface area contributed by atoms with Crippen LogP contribution in [0.1, 0.15) is 17.8 Å². The minimum atomic E-state index is -4.51. The Morgan fingerprint density at radius 3 is 2.69 bits per heavy atom. The van der Waals surface area contributed by atoms with Gasteiger partial charge in [0.15, 0.2) is 0 Å². The first kappa shape index (κ1) is 18.2. The van der Waals surface area contributed by atoms with Gasteiger partial charge in [-0.25, -0.2) is 14.4 Å². The highest BCUT2D eigenvalue weighted by atomic mass is 19.4. The van der Waals surface area contributed by atoms with Gasteiger partial charge in [-0.2, -0.15) is 13.2 Å². The van der Waals surface area contributed by atoms with Gasteiger partial charge < -0.3 is 10.6 Å². The molecule has 0 bridgehead atoms. The maximum absolute atomic E-state index is 13.5. The van der Waals surface area contributed by atoms with Crippen LogP contribution in [0.3, 0.4) is 0 Å². The molecule has 0 saturated carbocycles. The van der Waals surface area contributed by atoms with Crippen LogP contribution in [0, 0.1) is 0 Å². The van der Waals surface area contributed by atoms with Crippen molar-refractivity contribution in [3.05, 3.63) is 42.1 Å². The Balaban J connectivity index is 1.67. The first-order valence-corrected chi connectivity index (χ1v) is 7.84. The molecule has 26 heavy (non-hydrogen) atoms. The predicted octanol–water partition coefficient (Wildman–Crippen LogP) is 1.87. The van der Waals surface area contributed by atoms with Gasteiger partial charge in [-0.3, -0.25) is 9.78 Å². The number of rotatable bonds is 4. The van der Waals surface area contributed by atoms with E-state index in [0.717, 1.165) is 12.3 Å². The molecule has 6 nitrogen and oxygen atoms in total. The van der Waals surface area contributed by atoms with Crippen LogP contribution in [-0.4, -0.2) is 39.6 Å². The zero-order valence-corrected chi connectivity index (χ0v) is 13.4. The SMILES string of the molecule is O=C(NCc1cc(-c2ccc(C(F)(F)F)nc2)ncn1)[C@H]1NCC[C@@H]1F. The summed E-state index contributed by atoms with van der Waals surface area (Å²) < 4.78 is 51.2. The largest absolute Gasteiger partial charge is 0.433 e. The lowest BCUT2D eigenvalue weighted by molar-refractivity contribution is -0.141. The van der Waals surface area contributed by atoms with Crippen molar-refractivity contribution < 1.29 is 22.4 Å². The Bertz CT molecular complexity index is 781. The minimum absolute atomic E-state index is 0.0489. The van der Waals surface area contributed by atoms with E-state index in [-0.39, 0.29) is 13.0 Å². The molecule has 3 heterocycles. The highest BCUT2D eigenvalue weighted by Gasteiger charge is 2.33. The smallest absolute Gasteiger partial charge is 0.349 e. The first-order chi connectivity index (χ1) is 12.3. The molecule has 2 aromatic heterocycles. The molecule has 1 aliphatic rings. The molecule has 0 aliphatic carbocycles. The fraction of sp³-hybridized carbons (Fsp3) is 0.375. The zero-order chi connectivity index (χ0) is 18.7. The molecule has 3 rings (SSSR count). The van der Waals surface area contributed by atoms with Gasteiger partial charge in [0.2, 0.25) is 5.91 Å². The summed E-state index contributed by atoms with van der Waals surface area (Å²) >= 11 is 0. The Morgan fingerprint density at radius 1 is 1.27 bits per heavy atom. The summed E-state index contributed by atoms with van der Waals surface area (Å²) in [6, 6.07) is 2.78. The molecule has 0 unspecified atom stereocenters. The molecule has 10 heteroatoms. The number of aromatic nitrogens is 3. The monoisotopic (exact) mass is 369 g/mol. The molecule has 1 amide bonds. The topological polar surface area (TPSA) is 79.8 Å². The minimum Gasteiger partial charge on any atom is -0.349 e. The van der Waals surface area contributed by atoms with Crippen LogP contribution in [0.25, 0.3) is 11.3 Å². The van der Waals surface area contributed by atoms with Crippen molar-refractivity contribution >= 4 is 5.91 Å². The highest BCUT2D eigenvalue weighted by Crippen LogP contribution is 2.28. The summed E-state index contributed by atoms with van der Waals surface area (Å²) in [5.74, 6) is -0.466. The third-order valence-corrected chi connectivity index (χ3v) is 3.95. The van der Waals surface area contributed by atoms with Gasteiger partial charge in [0.05, 0.1) is 17.9 Å². The fourth-order valence-electron chi connectivity index (χ4n) is 2.58. The van der Waals surface area contributed by atoms with Crippen LogP contribution in [-0.2, 0) is 17.5 Å². The maximum atomic E-state index is 13.5. The second kappa shape index (κ2) is 7.32. The van der Waals surface area contributed by atoms with Crippen molar-refractivity contribution in [3.8, 4) is 11.3 Å². The van der Waals surface area contributed by atoms with E-state index in [2.05, 4.69) is 25.6 Å². The van der Waals surface area contributed by atoms with Crippen LogP contribution < -0.4 is 10.6 Å². The van der Waals surface area contributed by atoms with Crippen molar-refractivity contribution in [1.82, 2.24) is 25.6 Å². The Kier molecular flexibility index (Phi) is 5.12. The lowest BCUT2D eigenvalue weighted by Crippen LogP contribution is -2.44. The normalized spacial score (nSPS) is 20.2. The Hall–Kier alpha value is -2.62. The molecule has 1 aliphatic heterocycles. The summed E-state index contributed by atoms with van der Waals surface area (Å²) in [7, 11) is 0. The van der Waals surface area contributed by atoms with Crippen molar-refractivity contribution in [1.29, 1.82) is 0 Å². The quantitative estimate of drug-likeness (QED) is 0.805. The summed E-state index contributed by atoms with van der Waals surface area (Å²) in [5, 5.41) is 5.36. The Morgan fingerprint density at radius 2 is 2.08 bits per heavy atom. The number of nitrogens with one attached hydrogen (secondary N) is 2. The number of carbonyl (C=O) groups excluding carboxylic acids is 1. The van der Waals surface area contributed by atoms with Crippen LogP contribution >= 0.6 is 0 Å². The summed E-state index contributed by atoms with van der Waals surface area (Å²) in [5.41, 5.74) is 0.200. The number of nitrogens with zero attached hydrogens (tertiary/aromatic N) is 3. The van der Waals surface area contributed by atoms with E-state index in [0.29, 0.717) is 23.5 Å². The van der Waals surface area contributed by atoms with E-state index in [9.17, 15) is 22.4 Å². The number of amides is 1. The number of hydrogen-bond donors (Lipinski definition) is 2. The molecule has 2 atom stereocenters. The lowest BCUT2D eigenvalue weighted by Gasteiger charge is -2.13. The molecule has 1 saturated heterocycles. The fourth-order valence-corrected chi connectivity index (χ4v) is 2.58. The summed E-state index contributed by atoms with van der Waals surface area (Å²) in [6.45, 7) is 0.491. The third-order valence-electron chi connectivity index (χ3n) is 3.95. The van der Waals surface area contributed by atoms with Crippen LogP contribution in [0.4, 0.5) is 17.6 Å². The molecule has 0 spiro atoms. The van der Waals surface area contributed by atoms with Gasteiger partial charge in [-0.1, -0.05) is 0 Å². The van der Waals surface area contributed by atoms with Crippen molar-refractivity contribution in [2.45, 2.75) is 31.4 Å². The second-order valence-corrected chi connectivity index (χ2v) is 5.78. The number of carbonyl (C=O) groups is 1. The summed E-state index contributed by atoms with van der Waals surface area (Å²) in [6.07, 6.45) is -3.14. The average molecular weight is 369 g/mol. The van der Waals surface area contributed by atoms with Crippen LogP contribution in [0.15, 0.2) is 30.7 Å². The van der Waals surface area contributed by atoms with Crippen molar-refractivity contribution in [3.63, 3.8) is 0 Å². The van der Waals surface area contributed by atoms with Crippen LogP contribution in [0.5, 0.6) is 0 Å². The molecule has 0 radical (unpaired) electrons. The van der Waals surface area contributed by atoms with E-state index in [1.54, 1.807) is 0 Å². The number of alkyl halides is 4. The van der Waals surface area contributed by atoms with Crippen molar-refractivity contribution in [2.24, 2.45) is 0 Å². The van der Waals surface area contributed by atoms with Gasteiger partial charge in [-0.05, 0) is 31.2 Å². The van der Waals surface area contributed by atoms with Gasteiger partial charge in [0, 0.05) is 11.8 Å². The highest BCUT2D eigenvalue weighted by molar-refractivity contribution is 5.82. The zero-order valence-electron chi connectivity index (χ0n) is 13.4. The van der Waals surface area contributed by atoms with Crippen molar-refractivity contribution in [2.75, 3.05) is 6.54 Å². The molecule has 2 N–H and O–H groups in total. The molecule has 2 aromatic rings. The number of pyridine rings is 1. The van der Waals surface area contributed by atoms with E-state index in [1.165, 1.54) is 18.5 Å². The molecule has 0 aromatic carbocycles. The maximum Gasteiger partial charge on any atom is 0.433 e.